The van der Waals surface area contributed by atoms with Gasteiger partial charge in [0.05, 0.1) is 55.1 Å². The first-order valence-electron chi connectivity index (χ1n) is 13.6. The van der Waals surface area contributed by atoms with Crippen molar-refractivity contribution in [2.45, 2.75) is 6.55 Å². The lowest BCUT2D eigenvalue weighted by atomic mass is 10.5. The monoisotopic (exact) mass is 718 g/mol. The molecule has 0 radical (unpaired) electrons. The van der Waals surface area contributed by atoms with Crippen molar-refractivity contribution in [2.24, 2.45) is 0 Å². The average molecular weight is 719 g/mol. The van der Waals surface area contributed by atoms with Crippen LogP contribution in [-0.2, 0) is 54.1 Å². The summed E-state index contributed by atoms with van der Waals surface area (Å²) < 4.78 is 68.9. The fraction of sp³-hybridized carbons (Fsp3) is 0.955. The van der Waals surface area contributed by atoms with Gasteiger partial charge >= 0.3 is 17.4 Å². The topological polar surface area (TPSA) is 204 Å². The predicted molar refractivity (Wildman–Crippen MR) is 163 cm³/mol. The van der Waals surface area contributed by atoms with Gasteiger partial charge in [-0.3, -0.25) is 13.9 Å². The molecule has 0 spiro atoms. The van der Waals surface area contributed by atoms with E-state index < -0.39 is 45.5 Å². The number of hydrogen-bond donors (Lipinski definition) is 2. The van der Waals surface area contributed by atoms with Crippen LogP contribution in [0.25, 0.3) is 0 Å². The SMILES string of the molecule is CO[Si](C)(CNCCOP(=O)([O-])OCC[N+](C)(C)C)OC.CO[Si](CNC(=O)COP(=O)([O-])OCC[N+](C)(C)C)(OC)OC. The van der Waals surface area contributed by atoms with E-state index in [-0.39, 0.29) is 26.0 Å². The van der Waals surface area contributed by atoms with E-state index in [1.54, 1.807) is 14.2 Å². The van der Waals surface area contributed by atoms with E-state index in [0.717, 1.165) is 0 Å². The number of likely N-dealkylation sites (N-methyl/N-ethyl adjacent to an activating group) is 2. The van der Waals surface area contributed by atoms with Gasteiger partial charge < -0.3 is 69.6 Å². The van der Waals surface area contributed by atoms with Crippen LogP contribution in [0.4, 0.5) is 0 Å². The number of carbonyl (C=O) groups is 1. The summed E-state index contributed by atoms with van der Waals surface area (Å²) in [7, 11) is 5.04. The molecule has 22 heteroatoms. The van der Waals surface area contributed by atoms with Crippen LogP contribution in [0.5, 0.6) is 0 Å². The Balaban J connectivity index is 0. The molecule has 44 heavy (non-hydrogen) atoms. The summed E-state index contributed by atoms with van der Waals surface area (Å²) in [6.07, 6.45) is 0.541. The van der Waals surface area contributed by atoms with Crippen molar-refractivity contribution >= 4 is 38.9 Å². The molecule has 0 aliphatic rings. The second-order valence-corrected chi connectivity index (χ2v) is 20.7. The predicted octanol–water partition coefficient (Wildman–Crippen LogP) is -1.58. The van der Waals surface area contributed by atoms with Gasteiger partial charge in [0, 0.05) is 48.3 Å². The highest BCUT2D eigenvalue weighted by atomic mass is 31.2. The third kappa shape index (κ3) is 25.0. The summed E-state index contributed by atoms with van der Waals surface area (Å²) >= 11 is 0. The fourth-order valence-electron chi connectivity index (χ4n) is 2.56. The molecular weight excluding hydrogens is 662 g/mol. The third-order valence-electron chi connectivity index (χ3n) is 5.65. The molecule has 18 nitrogen and oxygen atoms in total. The van der Waals surface area contributed by atoms with Crippen molar-refractivity contribution in [3.05, 3.63) is 0 Å². The second kappa shape index (κ2) is 21.6. The number of nitrogens with one attached hydrogen (secondary N) is 2. The Labute approximate surface area is 265 Å². The van der Waals surface area contributed by atoms with Crippen molar-refractivity contribution in [3.63, 3.8) is 0 Å². The number of quaternary nitrogens is 2. The maximum absolute atomic E-state index is 11.6. The number of amides is 1. The van der Waals surface area contributed by atoms with Crippen LogP contribution in [0, 0.1) is 0 Å². The minimum atomic E-state index is -4.52. The zero-order chi connectivity index (χ0) is 34.7. The Morgan fingerprint density at radius 3 is 1.48 bits per heavy atom. The Morgan fingerprint density at radius 1 is 0.682 bits per heavy atom. The second-order valence-electron chi connectivity index (χ2n) is 11.5. The van der Waals surface area contributed by atoms with E-state index >= 15 is 0 Å². The number of carbonyl (C=O) groups excluding carboxylic acids is 1. The molecule has 0 aromatic rings. The molecule has 0 rings (SSSR count). The number of rotatable bonds is 24. The van der Waals surface area contributed by atoms with Crippen LogP contribution >= 0.6 is 15.6 Å². The van der Waals surface area contributed by atoms with Gasteiger partial charge in [-0.15, -0.1) is 0 Å². The number of phosphoric acid groups is 2. The Hall–Kier alpha value is -0.196. The first-order valence-corrected chi connectivity index (χ1v) is 20.9. The van der Waals surface area contributed by atoms with Crippen molar-refractivity contribution in [1.82, 2.24) is 10.6 Å². The van der Waals surface area contributed by atoms with Gasteiger partial charge in [-0.1, -0.05) is 0 Å². The maximum atomic E-state index is 11.6. The Bertz CT molecular complexity index is 880. The van der Waals surface area contributed by atoms with Crippen LogP contribution in [0.1, 0.15) is 0 Å². The van der Waals surface area contributed by atoms with Gasteiger partial charge in [-0.2, -0.15) is 0 Å². The molecule has 0 aliphatic carbocycles. The van der Waals surface area contributed by atoms with E-state index in [1.807, 2.05) is 48.8 Å². The first-order chi connectivity index (χ1) is 20.0. The van der Waals surface area contributed by atoms with Crippen LogP contribution in [-0.4, -0.2) is 168 Å². The van der Waals surface area contributed by atoms with E-state index in [2.05, 4.69) is 19.7 Å². The van der Waals surface area contributed by atoms with Crippen molar-refractivity contribution < 1.29 is 72.9 Å². The molecule has 2 atom stereocenters. The van der Waals surface area contributed by atoms with E-state index in [1.165, 1.54) is 21.3 Å². The highest BCUT2D eigenvalue weighted by molar-refractivity contribution is 7.46. The van der Waals surface area contributed by atoms with Gasteiger partial charge in [0.15, 0.2) is 0 Å². The molecule has 0 saturated carbocycles. The number of nitrogens with zero attached hydrogens (tertiary/aromatic N) is 2. The maximum Gasteiger partial charge on any atom is 0.520 e. The molecule has 1 amide bonds. The molecule has 0 heterocycles. The smallest absolute Gasteiger partial charge is 0.520 e. The van der Waals surface area contributed by atoms with E-state index in [9.17, 15) is 23.7 Å². The van der Waals surface area contributed by atoms with Crippen LogP contribution in [0.15, 0.2) is 0 Å². The van der Waals surface area contributed by atoms with Crippen molar-refractivity contribution in [1.29, 1.82) is 0 Å². The molecule has 266 valence electrons. The molecule has 2 N–H and O–H groups in total. The third-order valence-corrected chi connectivity index (χ3v) is 12.7. The zero-order valence-corrected chi connectivity index (χ0v) is 32.2. The highest BCUT2D eigenvalue weighted by Crippen LogP contribution is 2.38. The van der Waals surface area contributed by atoms with Gasteiger partial charge in [0.2, 0.25) is 5.91 Å². The van der Waals surface area contributed by atoms with Crippen LogP contribution in [0.3, 0.4) is 0 Å². The summed E-state index contributed by atoms with van der Waals surface area (Å²) in [4.78, 5) is 34.6. The van der Waals surface area contributed by atoms with Crippen LogP contribution in [0.2, 0.25) is 6.55 Å². The quantitative estimate of drug-likeness (QED) is 0.0500. The summed E-state index contributed by atoms with van der Waals surface area (Å²) in [5.41, 5.74) is 0. The molecule has 2 unspecified atom stereocenters. The van der Waals surface area contributed by atoms with Crippen molar-refractivity contribution in [3.8, 4) is 0 Å². The average Bonchev–Trinajstić information content (AvgIpc) is 2.91. The van der Waals surface area contributed by atoms with Gasteiger partial charge in [0.1, 0.15) is 32.9 Å². The van der Waals surface area contributed by atoms with Gasteiger partial charge in [0.25, 0.3) is 15.6 Å². The minimum absolute atomic E-state index is 0.00971. The lowest BCUT2D eigenvalue weighted by molar-refractivity contribution is -0.870. The lowest BCUT2D eigenvalue weighted by Gasteiger charge is -2.27. The molecular formula is C22H56N4O14P2Si2. The van der Waals surface area contributed by atoms with Crippen molar-refractivity contribution in [2.75, 3.05) is 136 Å². The van der Waals surface area contributed by atoms with E-state index in [4.69, 9.17) is 31.2 Å². The molecule has 0 bridgehead atoms. The summed E-state index contributed by atoms with van der Waals surface area (Å²) in [5.74, 6) is -0.653. The normalized spacial score (nSPS) is 15.6. The van der Waals surface area contributed by atoms with Gasteiger partial charge in [-0.05, 0) is 6.55 Å². The standard InChI is InChI=1S/C11H27N2O8PSi.C11H29N2O6PSi/c1-13(2,3)7-8-20-22(15,16)21-9-11(14)12-10-23(17-4,18-5)19-6;1-13(2,3)8-10-19-20(14,15)18-9-7-12-11-21(6,16-4)17-5/h7-10H2,1-6H3,(H-,12,14,15,16);12H,7-11H2,1-6H3. The number of phosphoric ester groups is 2. The number of hydrogen-bond acceptors (Lipinski definition) is 15. The summed E-state index contributed by atoms with van der Waals surface area (Å²) in [5, 5.41) is 5.48. The van der Waals surface area contributed by atoms with Gasteiger partial charge in [-0.25, -0.2) is 0 Å². The molecule has 0 aromatic carbocycles. The lowest BCUT2D eigenvalue weighted by Crippen LogP contribution is -2.53. The Morgan fingerprint density at radius 2 is 1.09 bits per heavy atom. The first kappa shape index (κ1) is 45.9. The van der Waals surface area contributed by atoms with Crippen LogP contribution < -0.4 is 20.4 Å². The largest absolute Gasteiger partial charge is 0.756 e. The molecule has 0 aliphatic heterocycles. The molecule has 0 saturated heterocycles. The highest BCUT2D eigenvalue weighted by Gasteiger charge is 2.38. The minimum Gasteiger partial charge on any atom is -0.756 e. The summed E-state index contributed by atoms with van der Waals surface area (Å²) in [6, 6.07) is 0. The molecule has 0 aromatic heterocycles. The fourth-order valence-corrected chi connectivity index (χ4v) is 6.35. The van der Waals surface area contributed by atoms with E-state index in [0.29, 0.717) is 34.8 Å². The molecule has 0 fully saturated rings. The zero-order valence-electron chi connectivity index (χ0n) is 28.4. The summed E-state index contributed by atoms with van der Waals surface area (Å²) in [6.45, 7) is 2.75. The Kier molecular flexibility index (Phi) is 22.6.